The van der Waals surface area contributed by atoms with E-state index in [-0.39, 0.29) is 6.10 Å². The Balaban J connectivity index is 3.33. The van der Waals surface area contributed by atoms with Crippen molar-refractivity contribution >= 4 is 0 Å². The van der Waals surface area contributed by atoms with E-state index in [2.05, 4.69) is 19.3 Å². The van der Waals surface area contributed by atoms with Crippen molar-refractivity contribution in [1.29, 1.82) is 0 Å². The van der Waals surface area contributed by atoms with Crippen LogP contribution >= 0.6 is 0 Å². The molecule has 0 spiro atoms. The Labute approximate surface area is 87.5 Å². The maximum absolute atomic E-state index is 5.45. The second-order valence-corrected chi connectivity index (χ2v) is 3.30. The van der Waals surface area contributed by atoms with Crippen LogP contribution in [0, 0.1) is 6.54 Å². The molecule has 0 fully saturated rings. The predicted molar refractivity (Wildman–Crippen MR) is 57.1 cm³/mol. The zero-order chi connectivity index (χ0) is 10.8. The van der Waals surface area contributed by atoms with Crippen molar-refractivity contribution in [2.24, 2.45) is 0 Å². The van der Waals surface area contributed by atoms with Gasteiger partial charge in [0.1, 0.15) is 0 Å². The molecule has 0 bridgehead atoms. The Kier molecular flexibility index (Phi) is 9.29. The summed E-state index contributed by atoms with van der Waals surface area (Å²) in [6, 6.07) is 0. The second-order valence-electron chi connectivity index (χ2n) is 3.30. The van der Waals surface area contributed by atoms with Crippen LogP contribution in [0.3, 0.4) is 0 Å². The van der Waals surface area contributed by atoms with Crippen LogP contribution in [0.2, 0.25) is 0 Å². The van der Waals surface area contributed by atoms with Crippen LogP contribution in [-0.4, -0.2) is 30.9 Å². The number of hydrogen-bond acceptors (Lipinski definition) is 4. The minimum Gasteiger partial charge on any atom is -0.299 e. The van der Waals surface area contributed by atoms with Crippen LogP contribution in [0.4, 0.5) is 0 Å². The molecule has 0 saturated heterocycles. The molecule has 0 aromatic carbocycles. The molecule has 1 N–H and O–H groups in total. The van der Waals surface area contributed by atoms with Crippen molar-refractivity contribution in [1.82, 2.24) is 10.5 Å². The van der Waals surface area contributed by atoms with Gasteiger partial charge in [-0.2, -0.15) is 10.5 Å². The van der Waals surface area contributed by atoms with Crippen molar-refractivity contribution in [2.45, 2.75) is 40.2 Å². The second kappa shape index (κ2) is 9.40. The highest BCUT2D eigenvalue weighted by Gasteiger charge is 2.01. The lowest BCUT2D eigenvalue weighted by molar-refractivity contribution is -0.154. The highest BCUT2D eigenvalue weighted by molar-refractivity contribution is 4.58. The molecule has 0 amide bonds. The quantitative estimate of drug-likeness (QED) is 0.457. The number of nitrogens with one attached hydrogen (secondary N) is 1. The van der Waals surface area contributed by atoms with E-state index in [1.807, 2.05) is 25.5 Å². The smallest absolute Gasteiger partial charge is 0.0734 e. The third kappa shape index (κ3) is 8.44. The molecule has 0 unspecified atom stereocenters. The summed E-state index contributed by atoms with van der Waals surface area (Å²) in [6.07, 6.45) is 1.23. The van der Waals surface area contributed by atoms with E-state index in [4.69, 9.17) is 9.68 Å². The summed E-state index contributed by atoms with van der Waals surface area (Å²) in [7, 11) is 0. The summed E-state index contributed by atoms with van der Waals surface area (Å²) in [4.78, 5) is 10.6. The van der Waals surface area contributed by atoms with Gasteiger partial charge in [-0.05, 0) is 20.3 Å². The lowest BCUT2D eigenvalue weighted by Gasteiger charge is -2.19. The van der Waals surface area contributed by atoms with E-state index in [1.54, 1.807) is 0 Å². The SMILES string of the molecule is CCCON(CC)C[CH]NOC(C)C. The van der Waals surface area contributed by atoms with Gasteiger partial charge < -0.3 is 0 Å². The zero-order valence-corrected chi connectivity index (χ0v) is 9.75. The van der Waals surface area contributed by atoms with Gasteiger partial charge in [-0.25, -0.2) is 0 Å². The molecule has 0 saturated carbocycles. The fourth-order valence-corrected chi connectivity index (χ4v) is 0.817. The van der Waals surface area contributed by atoms with Crippen molar-refractivity contribution in [3.63, 3.8) is 0 Å². The minimum atomic E-state index is 0.192. The highest BCUT2D eigenvalue weighted by atomic mass is 16.7. The molecular weight excluding hydrogens is 180 g/mol. The Morgan fingerprint density at radius 2 is 2.07 bits per heavy atom. The van der Waals surface area contributed by atoms with Gasteiger partial charge in [0.2, 0.25) is 0 Å². The maximum atomic E-state index is 5.45. The summed E-state index contributed by atoms with van der Waals surface area (Å²) in [5.74, 6) is 0. The molecule has 0 heterocycles. The molecule has 85 valence electrons. The Bertz CT molecular complexity index is 121. The first-order valence-corrected chi connectivity index (χ1v) is 5.31. The van der Waals surface area contributed by atoms with E-state index in [0.29, 0.717) is 0 Å². The van der Waals surface area contributed by atoms with Gasteiger partial charge in [0.05, 0.1) is 19.3 Å². The molecule has 0 atom stereocenters. The van der Waals surface area contributed by atoms with Crippen molar-refractivity contribution in [2.75, 3.05) is 19.7 Å². The average molecular weight is 203 g/mol. The predicted octanol–water partition coefficient (Wildman–Crippen LogP) is 1.74. The van der Waals surface area contributed by atoms with Crippen molar-refractivity contribution < 1.29 is 9.68 Å². The van der Waals surface area contributed by atoms with Gasteiger partial charge in [0.15, 0.2) is 0 Å². The topological polar surface area (TPSA) is 33.7 Å². The van der Waals surface area contributed by atoms with Gasteiger partial charge in [-0.15, -0.1) is 0 Å². The molecule has 0 aliphatic heterocycles. The Hall–Kier alpha value is -0.160. The molecule has 1 radical (unpaired) electrons. The Morgan fingerprint density at radius 3 is 2.57 bits per heavy atom. The van der Waals surface area contributed by atoms with E-state index >= 15 is 0 Å². The summed E-state index contributed by atoms with van der Waals surface area (Å²) in [6.45, 7) is 12.3. The van der Waals surface area contributed by atoms with E-state index in [9.17, 15) is 0 Å². The standard InChI is InChI=1S/C10H23N2O2/c1-5-9-13-12(6-2)8-7-11-14-10(3)4/h7,10-11H,5-6,8-9H2,1-4H3. The number of nitrogens with zero attached hydrogens (tertiary/aromatic N) is 1. The van der Waals surface area contributed by atoms with Crippen LogP contribution in [0.25, 0.3) is 0 Å². The lowest BCUT2D eigenvalue weighted by Crippen LogP contribution is -2.30. The normalized spacial score (nSPS) is 11.6. The molecule has 0 aromatic heterocycles. The van der Waals surface area contributed by atoms with Crippen molar-refractivity contribution in [3.8, 4) is 0 Å². The van der Waals surface area contributed by atoms with E-state index in [1.165, 1.54) is 0 Å². The summed E-state index contributed by atoms with van der Waals surface area (Å²) < 4.78 is 0. The maximum Gasteiger partial charge on any atom is 0.0734 e. The Morgan fingerprint density at radius 1 is 1.36 bits per heavy atom. The van der Waals surface area contributed by atoms with Gasteiger partial charge in [0.25, 0.3) is 0 Å². The largest absolute Gasteiger partial charge is 0.299 e. The third-order valence-electron chi connectivity index (χ3n) is 1.51. The molecule has 0 aliphatic carbocycles. The molecule has 14 heavy (non-hydrogen) atoms. The first kappa shape index (κ1) is 13.8. The molecular formula is C10H23N2O2. The first-order chi connectivity index (χ1) is 6.70. The third-order valence-corrected chi connectivity index (χ3v) is 1.51. The lowest BCUT2D eigenvalue weighted by atomic mass is 10.5. The van der Waals surface area contributed by atoms with E-state index in [0.717, 1.165) is 26.1 Å². The van der Waals surface area contributed by atoms with Gasteiger partial charge in [0, 0.05) is 13.1 Å². The average Bonchev–Trinajstić information content (AvgIpc) is 2.16. The summed E-state index contributed by atoms with van der Waals surface area (Å²) >= 11 is 0. The van der Waals surface area contributed by atoms with Crippen LogP contribution in [0.1, 0.15) is 34.1 Å². The first-order valence-electron chi connectivity index (χ1n) is 5.31. The summed E-state index contributed by atoms with van der Waals surface area (Å²) in [5, 5.41) is 1.89. The van der Waals surface area contributed by atoms with Crippen molar-refractivity contribution in [3.05, 3.63) is 6.54 Å². The zero-order valence-electron chi connectivity index (χ0n) is 9.75. The fraction of sp³-hybridized carbons (Fsp3) is 0.900. The molecule has 0 rings (SSSR count). The van der Waals surface area contributed by atoms with Gasteiger partial charge in [-0.1, -0.05) is 13.8 Å². The molecule has 4 nitrogen and oxygen atoms in total. The number of rotatable bonds is 9. The summed E-state index contributed by atoms with van der Waals surface area (Å²) in [5.41, 5.74) is 2.78. The molecule has 4 heteroatoms. The van der Waals surface area contributed by atoms with Crippen LogP contribution in [0.5, 0.6) is 0 Å². The minimum absolute atomic E-state index is 0.192. The number of hydroxylamine groups is 3. The molecule has 0 aromatic rings. The van der Waals surface area contributed by atoms with E-state index < -0.39 is 0 Å². The molecule has 0 aliphatic rings. The van der Waals surface area contributed by atoms with Gasteiger partial charge in [-0.3, -0.25) is 9.68 Å². The van der Waals surface area contributed by atoms with Crippen LogP contribution in [-0.2, 0) is 9.68 Å². The fourth-order valence-electron chi connectivity index (χ4n) is 0.817. The highest BCUT2D eigenvalue weighted by Crippen LogP contribution is 1.93. The van der Waals surface area contributed by atoms with Gasteiger partial charge >= 0.3 is 0 Å². The van der Waals surface area contributed by atoms with Crippen LogP contribution < -0.4 is 5.48 Å². The van der Waals surface area contributed by atoms with Crippen LogP contribution in [0.15, 0.2) is 0 Å². The monoisotopic (exact) mass is 203 g/mol. The number of hydrogen-bond donors (Lipinski definition) is 1. The number of likely N-dealkylation sites (N-methyl/N-ethyl adjacent to an activating group) is 1.